The number of hydrogen-bond donors (Lipinski definition) is 2. The normalized spacial score (nSPS) is 25.9. The van der Waals surface area contributed by atoms with E-state index in [0.717, 1.165) is 17.4 Å². The van der Waals surface area contributed by atoms with Crippen LogP contribution in [0.2, 0.25) is 0 Å². The van der Waals surface area contributed by atoms with Crippen LogP contribution >= 0.6 is 12.2 Å². The summed E-state index contributed by atoms with van der Waals surface area (Å²) in [5.41, 5.74) is 1.42. The molecule has 0 amide bonds. The van der Waals surface area contributed by atoms with Gasteiger partial charge in [-0.3, -0.25) is 0 Å². The summed E-state index contributed by atoms with van der Waals surface area (Å²) in [7, 11) is -0.390. The van der Waals surface area contributed by atoms with Crippen LogP contribution < -0.4 is 10.6 Å². The lowest BCUT2D eigenvalue weighted by atomic mass is 9.96. The van der Waals surface area contributed by atoms with Crippen molar-refractivity contribution in [3.8, 4) is 0 Å². The standard InChI is InChI=1S/C17H25N3O2S2/c1-11-4-7-14(10-16(11)24(21,22)20(2)3)18-17(23)19-15-9-12-5-6-13(15)8-12/h4,7,10,12-13,15H,5-6,8-9H2,1-3H3,(H2,18,19,23). The van der Waals surface area contributed by atoms with Crippen molar-refractivity contribution in [2.75, 3.05) is 19.4 Å². The van der Waals surface area contributed by atoms with Crippen LogP contribution in [0.1, 0.15) is 31.2 Å². The average Bonchev–Trinajstić information content (AvgIpc) is 3.11. The Balaban J connectivity index is 1.70. The summed E-state index contributed by atoms with van der Waals surface area (Å²) in [6.07, 6.45) is 5.16. The van der Waals surface area contributed by atoms with E-state index in [-0.39, 0.29) is 0 Å². The Morgan fingerprint density at radius 2 is 2.00 bits per heavy atom. The van der Waals surface area contributed by atoms with Crippen LogP contribution in [0.3, 0.4) is 0 Å². The van der Waals surface area contributed by atoms with E-state index < -0.39 is 10.0 Å². The summed E-state index contributed by atoms with van der Waals surface area (Å²) < 4.78 is 26.0. The van der Waals surface area contributed by atoms with Gasteiger partial charge in [0.25, 0.3) is 0 Å². The van der Waals surface area contributed by atoms with Crippen LogP contribution in [0.25, 0.3) is 0 Å². The van der Waals surface area contributed by atoms with Gasteiger partial charge < -0.3 is 10.6 Å². The number of aryl methyl sites for hydroxylation is 1. The molecule has 0 spiro atoms. The highest BCUT2D eigenvalue weighted by Gasteiger charge is 2.39. The van der Waals surface area contributed by atoms with E-state index in [2.05, 4.69) is 10.6 Å². The van der Waals surface area contributed by atoms with Gasteiger partial charge >= 0.3 is 0 Å². The second-order valence-corrected chi connectivity index (χ2v) is 9.68. The highest BCUT2D eigenvalue weighted by Crippen LogP contribution is 2.44. The molecule has 2 bridgehead atoms. The van der Waals surface area contributed by atoms with Crippen LogP contribution in [0.5, 0.6) is 0 Å². The molecule has 3 unspecified atom stereocenters. The van der Waals surface area contributed by atoms with Crippen LogP contribution in [-0.4, -0.2) is 38.0 Å². The van der Waals surface area contributed by atoms with E-state index in [1.807, 2.05) is 6.07 Å². The predicted molar refractivity (Wildman–Crippen MR) is 101 cm³/mol. The molecule has 132 valence electrons. The van der Waals surface area contributed by atoms with Gasteiger partial charge in [0.05, 0.1) is 4.90 Å². The number of nitrogens with one attached hydrogen (secondary N) is 2. The van der Waals surface area contributed by atoms with Gasteiger partial charge in [0.15, 0.2) is 5.11 Å². The van der Waals surface area contributed by atoms with Crippen molar-refractivity contribution in [1.82, 2.24) is 9.62 Å². The van der Waals surface area contributed by atoms with E-state index in [1.165, 1.54) is 44.1 Å². The van der Waals surface area contributed by atoms with Gasteiger partial charge in [-0.05, 0) is 67.9 Å². The molecule has 7 heteroatoms. The molecular weight excluding hydrogens is 342 g/mol. The molecule has 1 aromatic rings. The maximum absolute atomic E-state index is 12.4. The molecule has 3 atom stereocenters. The first kappa shape index (κ1) is 17.6. The van der Waals surface area contributed by atoms with Crippen molar-refractivity contribution in [2.24, 2.45) is 11.8 Å². The van der Waals surface area contributed by atoms with Gasteiger partial charge in [0, 0.05) is 25.8 Å². The van der Waals surface area contributed by atoms with E-state index >= 15 is 0 Å². The third-order valence-corrected chi connectivity index (χ3v) is 7.44. The van der Waals surface area contributed by atoms with Crippen LogP contribution in [0, 0.1) is 18.8 Å². The molecule has 2 saturated carbocycles. The lowest BCUT2D eigenvalue weighted by molar-refractivity contribution is 0.392. The summed E-state index contributed by atoms with van der Waals surface area (Å²) >= 11 is 5.43. The molecule has 0 saturated heterocycles. The minimum absolute atomic E-state index is 0.306. The minimum Gasteiger partial charge on any atom is -0.359 e. The van der Waals surface area contributed by atoms with Gasteiger partial charge in [-0.1, -0.05) is 12.5 Å². The maximum Gasteiger partial charge on any atom is 0.242 e. The van der Waals surface area contributed by atoms with Crippen molar-refractivity contribution < 1.29 is 8.42 Å². The fourth-order valence-corrected chi connectivity index (χ4v) is 5.32. The molecule has 3 rings (SSSR count). The fourth-order valence-electron chi connectivity index (χ4n) is 3.91. The Labute approximate surface area is 149 Å². The third kappa shape index (κ3) is 3.43. The molecule has 0 aromatic heterocycles. The summed E-state index contributed by atoms with van der Waals surface area (Å²) in [6.45, 7) is 1.80. The first-order valence-corrected chi connectivity index (χ1v) is 10.2. The minimum atomic E-state index is -3.47. The smallest absolute Gasteiger partial charge is 0.242 e. The number of anilines is 1. The zero-order valence-corrected chi connectivity index (χ0v) is 16.0. The fraction of sp³-hybridized carbons (Fsp3) is 0.588. The van der Waals surface area contributed by atoms with Gasteiger partial charge in [-0.2, -0.15) is 0 Å². The molecular formula is C17H25N3O2S2. The first-order valence-electron chi connectivity index (χ1n) is 8.38. The number of benzene rings is 1. The highest BCUT2D eigenvalue weighted by molar-refractivity contribution is 7.89. The summed E-state index contributed by atoms with van der Waals surface area (Å²) in [4.78, 5) is 0.306. The number of rotatable bonds is 4. The molecule has 0 aliphatic heterocycles. The number of hydrogen-bond acceptors (Lipinski definition) is 3. The van der Waals surface area contributed by atoms with Gasteiger partial charge in [-0.15, -0.1) is 0 Å². The largest absolute Gasteiger partial charge is 0.359 e. The Morgan fingerprint density at radius 1 is 1.25 bits per heavy atom. The van der Waals surface area contributed by atoms with Crippen molar-refractivity contribution >= 4 is 33.0 Å². The number of sulfonamides is 1. The molecule has 1 aromatic carbocycles. The number of thiocarbonyl (C=S) groups is 1. The number of fused-ring (bicyclic) bond motifs is 2. The van der Waals surface area contributed by atoms with Crippen molar-refractivity contribution in [3.05, 3.63) is 23.8 Å². The zero-order chi connectivity index (χ0) is 17.5. The molecule has 2 fully saturated rings. The van der Waals surface area contributed by atoms with Crippen molar-refractivity contribution in [2.45, 2.75) is 43.5 Å². The quantitative estimate of drug-likeness (QED) is 0.801. The topological polar surface area (TPSA) is 61.4 Å². The van der Waals surface area contributed by atoms with Crippen molar-refractivity contribution in [1.29, 1.82) is 0 Å². The average molecular weight is 368 g/mol. The van der Waals surface area contributed by atoms with Gasteiger partial charge in [0.1, 0.15) is 0 Å². The maximum atomic E-state index is 12.4. The summed E-state index contributed by atoms with van der Waals surface area (Å²) in [5.74, 6) is 1.59. The van der Waals surface area contributed by atoms with Crippen molar-refractivity contribution in [3.63, 3.8) is 0 Å². The molecule has 2 aliphatic rings. The van der Waals surface area contributed by atoms with Gasteiger partial charge in [0.2, 0.25) is 10.0 Å². The summed E-state index contributed by atoms with van der Waals surface area (Å²) in [5, 5.41) is 7.13. The molecule has 2 N–H and O–H groups in total. The SMILES string of the molecule is Cc1ccc(NC(=S)NC2CC3CCC2C3)cc1S(=O)(=O)N(C)C. The summed E-state index contributed by atoms with van der Waals surface area (Å²) in [6, 6.07) is 5.77. The van der Waals surface area contributed by atoms with E-state index in [9.17, 15) is 8.42 Å². The highest BCUT2D eigenvalue weighted by atomic mass is 32.2. The molecule has 0 radical (unpaired) electrons. The zero-order valence-electron chi connectivity index (χ0n) is 14.4. The van der Waals surface area contributed by atoms with E-state index in [0.29, 0.717) is 21.7 Å². The Morgan fingerprint density at radius 3 is 2.58 bits per heavy atom. The predicted octanol–water partition coefficient (Wildman–Crippen LogP) is 2.72. The van der Waals surface area contributed by atoms with Crippen LogP contribution in [0.15, 0.2) is 23.1 Å². The Bertz CT molecular complexity index is 746. The lowest BCUT2D eigenvalue weighted by Crippen LogP contribution is -2.40. The molecule has 5 nitrogen and oxygen atoms in total. The lowest BCUT2D eigenvalue weighted by Gasteiger charge is -2.24. The monoisotopic (exact) mass is 367 g/mol. The Hall–Kier alpha value is -1.18. The van der Waals surface area contributed by atoms with Crippen LogP contribution in [-0.2, 0) is 10.0 Å². The van der Waals surface area contributed by atoms with Crippen LogP contribution in [0.4, 0.5) is 5.69 Å². The third-order valence-electron chi connectivity index (χ3n) is 5.26. The van der Waals surface area contributed by atoms with E-state index in [1.54, 1.807) is 19.1 Å². The number of nitrogens with zero attached hydrogens (tertiary/aromatic N) is 1. The Kier molecular flexibility index (Phi) is 4.86. The molecule has 0 heterocycles. The second-order valence-electron chi connectivity index (χ2n) is 7.15. The second kappa shape index (κ2) is 6.61. The molecule has 24 heavy (non-hydrogen) atoms. The molecule has 2 aliphatic carbocycles. The van der Waals surface area contributed by atoms with Gasteiger partial charge in [-0.25, -0.2) is 12.7 Å². The van der Waals surface area contributed by atoms with E-state index in [4.69, 9.17) is 12.2 Å². The first-order chi connectivity index (χ1) is 11.3.